The smallest absolute Gasteiger partial charge is 0.338 e. The molecule has 7 heteroatoms. The van der Waals surface area contributed by atoms with E-state index in [1.807, 2.05) is 36.4 Å². The molecule has 0 spiro atoms. The Kier molecular flexibility index (Phi) is 5.95. The van der Waals surface area contributed by atoms with Crippen molar-refractivity contribution in [1.82, 2.24) is 0 Å². The van der Waals surface area contributed by atoms with Gasteiger partial charge in [0.2, 0.25) is 5.88 Å². The molecule has 0 saturated carbocycles. The minimum Gasteiger partial charge on any atom is -0.457 e. The Bertz CT molecular complexity index is 1060. The number of carbonyl (C=O) groups is 2. The molecule has 0 atom stereocenters. The maximum absolute atomic E-state index is 12.1. The molecule has 0 bridgehead atoms. The molecule has 0 saturated heterocycles. The van der Waals surface area contributed by atoms with E-state index in [-0.39, 0.29) is 17.0 Å². The average molecular weight is 390 g/mol. The SMILES string of the molecule is Cc1oc(NC(=O)COC(=O)c2ccc(Oc3ccccc3)cc2)c(C#N)c1C. The monoisotopic (exact) mass is 390 g/mol. The van der Waals surface area contributed by atoms with Crippen LogP contribution in [0.2, 0.25) is 0 Å². The summed E-state index contributed by atoms with van der Waals surface area (Å²) in [5.74, 6) is 0.571. The number of hydrogen-bond acceptors (Lipinski definition) is 6. The Balaban J connectivity index is 1.54. The van der Waals surface area contributed by atoms with Gasteiger partial charge in [0, 0.05) is 5.56 Å². The minimum absolute atomic E-state index is 0.0472. The number of hydrogen-bond donors (Lipinski definition) is 1. The van der Waals surface area contributed by atoms with E-state index < -0.39 is 18.5 Å². The van der Waals surface area contributed by atoms with E-state index in [0.717, 1.165) is 0 Å². The minimum atomic E-state index is -0.654. The molecule has 2 aromatic carbocycles. The van der Waals surface area contributed by atoms with Crippen LogP contribution in [0.1, 0.15) is 27.2 Å². The number of furan rings is 1. The van der Waals surface area contributed by atoms with Crippen molar-refractivity contribution in [2.75, 3.05) is 11.9 Å². The summed E-state index contributed by atoms with van der Waals surface area (Å²) in [6, 6.07) is 17.6. The Morgan fingerprint density at radius 3 is 2.34 bits per heavy atom. The van der Waals surface area contributed by atoms with Gasteiger partial charge in [0.15, 0.2) is 6.61 Å². The van der Waals surface area contributed by atoms with E-state index in [9.17, 15) is 9.59 Å². The number of anilines is 1. The second-order valence-electron chi connectivity index (χ2n) is 6.16. The highest BCUT2D eigenvalue weighted by Crippen LogP contribution is 2.25. The van der Waals surface area contributed by atoms with E-state index in [0.29, 0.717) is 22.8 Å². The fourth-order valence-electron chi connectivity index (χ4n) is 2.51. The maximum Gasteiger partial charge on any atom is 0.338 e. The summed E-state index contributed by atoms with van der Waals surface area (Å²) < 4.78 is 16.0. The number of ether oxygens (including phenoxy) is 2. The summed E-state index contributed by atoms with van der Waals surface area (Å²) in [7, 11) is 0. The van der Waals surface area contributed by atoms with Gasteiger partial charge in [-0.25, -0.2) is 4.79 Å². The molecule has 1 aromatic heterocycles. The molecule has 0 unspecified atom stereocenters. The lowest BCUT2D eigenvalue weighted by Gasteiger charge is -2.07. The quantitative estimate of drug-likeness (QED) is 0.628. The highest BCUT2D eigenvalue weighted by atomic mass is 16.5. The van der Waals surface area contributed by atoms with E-state index in [4.69, 9.17) is 19.2 Å². The van der Waals surface area contributed by atoms with Gasteiger partial charge in [0.25, 0.3) is 5.91 Å². The third-order valence-corrected chi connectivity index (χ3v) is 4.15. The third-order valence-electron chi connectivity index (χ3n) is 4.15. The van der Waals surface area contributed by atoms with E-state index in [2.05, 4.69) is 5.32 Å². The van der Waals surface area contributed by atoms with E-state index in [1.165, 1.54) is 0 Å². The normalized spacial score (nSPS) is 10.1. The summed E-state index contributed by atoms with van der Waals surface area (Å²) in [6.07, 6.45) is 0. The summed E-state index contributed by atoms with van der Waals surface area (Å²) >= 11 is 0. The highest BCUT2D eigenvalue weighted by molar-refractivity contribution is 5.95. The van der Waals surface area contributed by atoms with Crippen LogP contribution in [0, 0.1) is 25.2 Å². The van der Waals surface area contributed by atoms with Gasteiger partial charge in [0.05, 0.1) is 5.56 Å². The van der Waals surface area contributed by atoms with Crippen molar-refractivity contribution in [2.45, 2.75) is 13.8 Å². The summed E-state index contributed by atoms with van der Waals surface area (Å²) in [5.41, 5.74) is 1.18. The molecule has 3 aromatic rings. The van der Waals surface area contributed by atoms with Crippen LogP contribution in [0.4, 0.5) is 5.88 Å². The molecule has 0 fully saturated rings. The number of nitrogens with one attached hydrogen (secondary N) is 1. The fourth-order valence-corrected chi connectivity index (χ4v) is 2.51. The molecule has 0 aliphatic heterocycles. The molecule has 0 aliphatic rings. The predicted molar refractivity (Wildman–Crippen MR) is 105 cm³/mol. The molecule has 3 rings (SSSR count). The van der Waals surface area contributed by atoms with Gasteiger partial charge in [-0.05, 0) is 50.2 Å². The van der Waals surface area contributed by atoms with Crippen LogP contribution in [0.15, 0.2) is 59.0 Å². The number of nitrogens with zero attached hydrogens (tertiary/aromatic N) is 1. The zero-order valence-electron chi connectivity index (χ0n) is 15.9. The number of rotatable bonds is 6. The standard InChI is InChI=1S/C22H18N2O5/c1-14-15(2)28-21(19(14)12-23)24-20(25)13-27-22(26)16-8-10-18(11-9-16)29-17-6-4-3-5-7-17/h3-11H,13H2,1-2H3,(H,24,25). The van der Waals surface area contributed by atoms with Crippen LogP contribution in [-0.2, 0) is 9.53 Å². The first-order valence-electron chi connectivity index (χ1n) is 8.78. The largest absolute Gasteiger partial charge is 0.457 e. The van der Waals surface area contributed by atoms with Crippen molar-refractivity contribution in [1.29, 1.82) is 5.26 Å². The molecule has 1 amide bonds. The fraction of sp³-hybridized carbons (Fsp3) is 0.136. The predicted octanol–water partition coefficient (Wildman–Crippen LogP) is 4.36. The second-order valence-corrected chi connectivity index (χ2v) is 6.16. The first-order chi connectivity index (χ1) is 14.0. The van der Waals surface area contributed by atoms with Crippen LogP contribution in [0.3, 0.4) is 0 Å². The lowest BCUT2D eigenvalue weighted by molar-refractivity contribution is -0.119. The molecule has 0 aliphatic carbocycles. The first kappa shape index (κ1) is 19.7. The van der Waals surface area contributed by atoms with Crippen molar-refractivity contribution in [3.8, 4) is 17.6 Å². The van der Waals surface area contributed by atoms with Crippen molar-refractivity contribution in [3.63, 3.8) is 0 Å². The second kappa shape index (κ2) is 8.76. The average Bonchev–Trinajstić information content (AvgIpc) is 3.00. The van der Waals surface area contributed by atoms with Gasteiger partial charge in [0.1, 0.15) is 28.9 Å². The molecule has 1 N–H and O–H groups in total. The number of carbonyl (C=O) groups excluding carboxylic acids is 2. The van der Waals surface area contributed by atoms with Gasteiger partial charge >= 0.3 is 5.97 Å². The van der Waals surface area contributed by atoms with Gasteiger partial charge in [-0.15, -0.1) is 0 Å². The summed E-state index contributed by atoms with van der Waals surface area (Å²) in [5, 5.41) is 11.6. The van der Waals surface area contributed by atoms with Gasteiger partial charge in [-0.3, -0.25) is 10.1 Å². The lowest BCUT2D eigenvalue weighted by Crippen LogP contribution is -2.21. The molecular weight excluding hydrogens is 372 g/mol. The van der Waals surface area contributed by atoms with Crippen LogP contribution in [-0.4, -0.2) is 18.5 Å². The number of esters is 1. The Morgan fingerprint density at radius 1 is 1.03 bits per heavy atom. The van der Waals surface area contributed by atoms with Gasteiger partial charge in [-0.1, -0.05) is 18.2 Å². The Labute approximate surface area is 167 Å². The summed E-state index contributed by atoms with van der Waals surface area (Å²) in [6.45, 7) is 2.90. The zero-order chi connectivity index (χ0) is 20.8. The summed E-state index contributed by atoms with van der Waals surface area (Å²) in [4.78, 5) is 24.2. The number of aryl methyl sites for hydroxylation is 1. The highest BCUT2D eigenvalue weighted by Gasteiger charge is 2.17. The Morgan fingerprint density at radius 2 is 1.69 bits per heavy atom. The first-order valence-corrected chi connectivity index (χ1v) is 8.78. The molecule has 29 heavy (non-hydrogen) atoms. The molecule has 1 heterocycles. The number of nitriles is 1. The molecule has 0 radical (unpaired) electrons. The Hall–Kier alpha value is -4.05. The van der Waals surface area contributed by atoms with Crippen LogP contribution in [0.5, 0.6) is 11.5 Å². The van der Waals surface area contributed by atoms with Crippen molar-refractivity contribution < 1.29 is 23.5 Å². The lowest BCUT2D eigenvalue weighted by atomic mass is 10.2. The van der Waals surface area contributed by atoms with Crippen molar-refractivity contribution in [2.24, 2.45) is 0 Å². The third kappa shape index (κ3) is 4.82. The van der Waals surface area contributed by atoms with E-state index in [1.54, 1.807) is 38.1 Å². The van der Waals surface area contributed by atoms with Crippen LogP contribution >= 0.6 is 0 Å². The zero-order valence-corrected chi connectivity index (χ0v) is 15.9. The van der Waals surface area contributed by atoms with Gasteiger partial charge < -0.3 is 13.9 Å². The van der Waals surface area contributed by atoms with Crippen LogP contribution < -0.4 is 10.1 Å². The van der Waals surface area contributed by atoms with Crippen molar-refractivity contribution >= 4 is 17.8 Å². The van der Waals surface area contributed by atoms with E-state index >= 15 is 0 Å². The molecular formula is C22H18N2O5. The number of para-hydroxylation sites is 1. The number of amides is 1. The van der Waals surface area contributed by atoms with Crippen molar-refractivity contribution in [3.05, 3.63) is 77.0 Å². The molecule has 146 valence electrons. The van der Waals surface area contributed by atoms with Gasteiger partial charge in [-0.2, -0.15) is 5.26 Å². The molecule has 7 nitrogen and oxygen atoms in total. The number of benzene rings is 2. The maximum atomic E-state index is 12.1. The van der Waals surface area contributed by atoms with Crippen LogP contribution in [0.25, 0.3) is 0 Å². The topological polar surface area (TPSA) is 102 Å².